The first-order valence-electron chi connectivity index (χ1n) is 6.44. The van der Waals surface area contributed by atoms with Crippen LogP contribution >= 0.6 is 0 Å². The first-order chi connectivity index (χ1) is 8.76. The zero-order valence-corrected chi connectivity index (χ0v) is 11.1. The van der Waals surface area contributed by atoms with Gasteiger partial charge in [-0.15, -0.1) is 0 Å². The van der Waals surface area contributed by atoms with Crippen molar-refractivity contribution in [3.8, 4) is 0 Å². The zero-order chi connectivity index (χ0) is 14.6. The number of unbranched alkanes of at least 4 members (excludes halogenated alkanes) is 1. The minimum absolute atomic E-state index is 0.0281. The van der Waals surface area contributed by atoms with Crippen molar-refractivity contribution in [2.45, 2.75) is 57.8 Å². The Morgan fingerprint density at radius 2 is 1.89 bits per heavy atom. The molecule has 0 radical (unpaired) electrons. The van der Waals surface area contributed by atoms with Crippen LogP contribution in [0, 0.1) is 0 Å². The fourth-order valence-corrected chi connectivity index (χ4v) is 2.19. The first-order valence-corrected chi connectivity index (χ1v) is 6.44. The molecule has 1 heterocycles. The van der Waals surface area contributed by atoms with E-state index >= 15 is 0 Å². The fraction of sp³-hybridized carbons (Fsp3) is 0.833. The Labute approximate surface area is 110 Å². The molecule has 4 nitrogen and oxygen atoms in total. The van der Waals surface area contributed by atoms with Gasteiger partial charge in [-0.3, -0.25) is 9.59 Å². The maximum atomic E-state index is 12.0. The normalized spacial score (nSPS) is 24.6. The van der Waals surface area contributed by atoms with Gasteiger partial charge in [0.05, 0.1) is 0 Å². The number of rotatable bonds is 5. The molecule has 0 aromatic rings. The SMILES string of the molecule is CCC1C(=O)NC(C)C(=O)N1CCCCC(F)(F)F. The Bertz CT molecular complexity index is 344. The summed E-state index contributed by atoms with van der Waals surface area (Å²) in [6, 6.07) is -1.16. The van der Waals surface area contributed by atoms with Gasteiger partial charge in [-0.25, -0.2) is 0 Å². The van der Waals surface area contributed by atoms with Crippen molar-refractivity contribution in [1.29, 1.82) is 0 Å². The molecule has 2 atom stereocenters. The second-order valence-electron chi connectivity index (χ2n) is 4.76. The molecular formula is C12H19F3N2O2. The summed E-state index contributed by atoms with van der Waals surface area (Å²) in [7, 11) is 0. The number of carbonyl (C=O) groups excluding carboxylic acids is 2. The number of nitrogens with zero attached hydrogens (tertiary/aromatic N) is 1. The summed E-state index contributed by atoms with van der Waals surface area (Å²) in [6.07, 6.45) is -4.33. The summed E-state index contributed by atoms with van der Waals surface area (Å²) in [6.45, 7) is 3.55. The molecular weight excluding hydrogens is 261 g/mol. The van der Waals surface area contributed by atoms with Gasteiger partial charge in [-0.05, 0) is 26.2 Å². The Morgan fingerprint density at radius 3 is 2.42 bits per heavy atom. The first kappa shape index (κ1) is 15.8. The highest BCUT2D eigenvalue weighted by atomic mass is 19.4. The van der Waals surface area contributed by atoms with Crippen LogP contribution in [0.2, 0.25) is 0 Å². The van der Waals surface area contributed by atoms with Crippen molar-refractivity contribution >= 4 is 11.8 Å². The van der Waals surface area contributed by atoms with Gasteiger partial charge in [0.25, 0.3) is 0 Å². The lowest BCUT2D eigenvalue weighted by Gasteiger charge is -2.37. The molecule has 7 heteroatoms. The predicted molar refractivity (Wildman–Crippen MR) is 63.3 cm³/mol. The molecule has 1 saturated heterocycles. The van der Waals surface area contributed by atoms with Crippen LogP contribution in [0.3, 0.4) is 0 Å². The summed E-state index contributed by atoms with van der Waals surface area (Å²) < 4.78 is 36.1. The number of hydrogen-bond donors (Lipinski definition) is 1. The van der Waals surface area contributed by atoms with Gasteiger partial charge >= 0.3 is 6.18 Å². The summed E-state index contributed by atoms with van der Waals surface area (Å²) in [5.41, 5.74) is 0. The van der Waals surface area contributed by atoms with E-state index in [1.54, 1.807) is 13.8 Å². The van der Waals surface area contributed by atoms with Crippen LogP contribution in [0.25, 0.3) is 0 Å². The highest BCUT2D eigenvalue weighted by Gasteiger charge is 2.37. The van der Waals surface area contributed by atoms with Crippen molar-refractivity contribution in [2.75, 3.05) is 6.54 Å². The van der Waals surface area contributed by atoms with Gasteiger partial charge in [0, 0.05) is 13.0 Å². The third-order valence-electron chi connectivity index (χ3n) is 3.19. The van der Waals surface area contributed by atoms with Crippen LogP contribution in [-0.2, 0) is 9.59 Å². The van der Waals surface area contributed by atoms with E-state index in [2.05, 4.69) is 5.32 Å². The van der Waals surface area contributed by atoms with Gasteiger partial charge in [0.2, 0.25) is 11.8 Å². The number of piperazine rings is 1. The number of amides is 2. The summed E-state index contributed by atoms with van der Waals surface area (Å²) in [5, 5.41) is 2.56. The van der Waals surface area contributed by atoms with Gasteiger partial charge in [-0.2, -0.15) is 13.2 Å². The average Bonchev–Trinajstić information content (AvgIpc) is 2.29. The van der Waals surface area contributed by atoms with Crippen molar-refractivity contribution in [1.82, 2.24) is 10.2 Å². The number of halogens is 3. The molecule has 0 aromatic carbocycles. The van der Waals surface area contributed by atoms with Gasteiger partial charge in [0.1, 0.15) is 12.1 Å². The summed E-state index contributed by atoms with van der Waals surface area (Å²) >= 11 is 0. The zero-order valence-electron chi connectivity index (χ0n) is 11.1. The second-order valence-corrected chi connectivity index (χ2v) is 4.76. The minimum atomic E-state index is -4.17. The molecule has 0 bridgehead atoms. The molecule has 0 saturated carbocycles. The molecule has 110 valence electrons. The van der Waals surface area contributed by atoms with E-state index in [1.807, 2.05) is 0 Å². The van der Waals surface area contributed by atoms with E-state index in [0.29, 0.717) is 6.42 Å². The Morgan fingerprint density at radius 1 is 1.26 bits per heavy atom. The lowest BCUT2D eigenvalue weighted by Crippen LogP contribution is -2.62. The molecule has 1 aliphatic rings. The van der Waals surface area contributed by atoms with Crippen LogP contribution < -0.4 is 5.32 Å². The van der Waals surface area contributed by atoms with Gasteiger partial charge in [0.15, 0.2) is 0 Å². The van der Waals surface area contributed by atoms with E-state index in [1.165, 1.54) is 4.90 Å². The molecule has 1 rings (SSSR count). The Kier molecular flexibility index (Phi) is 5.20. The van der Waals surface area contributed by atoms with Crippen LogP contribution in [0.15, 0.2) is 0 Å². The Hall–Kier alpha value is -1.27. The molecule has 19 heavy (non-hydrogen) atoms. The van der Waals surface area contributed by atoms with Crippen molar-refractivity contribution in [3.05, 3.63) is 0 Å². The van der Waals surface area contributed by atoms with Crippen molar-refractivity contribution in [3.63, 3.8) is 0 Å². The number of hydrogen-bond acceptors (Lipinski definition) is 2. The molecule has 0 aliphatic carbocycles. The monoisotopic (exact) mass is 280 g/mol. The quantitative estimate of drug-likeness (QED) is 0.781. The lowest BCUT2D eigenvalue weighted by molar-refractivity contribution is -0.149. The van der Waals surface area contributed by atoms with Crippen molar-refractivity contribution < 1.29 is 22.8 Å². The predicted octanol–water partition coefficient (Wildman–Crippen LogP) is 1.84. The van der Waals surface area contributed by atoms with Crippen LogP contribution in [0.1, 0.15) is 39.5 Å². The van der Waals surface area contributed by atoms with E-state index in [-0.39, 0.29) is 31.2 Å². The highest BCUT2D eigenvalue weighted by Crippen LogP contribution is 2.23. The Balaban J connectivity index is 2.52. The third-order valence-corrected chi connectivity index (χ3v) is 3.19. The second kappa shape index (κ2) is 6.25. The largest absolute Gasteiger partial charge is 0.389 e. The van der Waals surface area contributed by atoms with Gasteiger partial charge in [-0.1, -0.05) is 6.92 Å². The number of alkyl halides is 3. The van der Waals surface area contributed by atoms with Gasteiger partial charge < -0.3 is 10.2 Å². The molecule has 0 spiro atoms. The van der Waals surface area contributed by atoms with Crippen LogP contribution in [0.4, 0.5) is 13.2 Å². The smallest absolute Gasteiger partial charge is 0.343 e. The number of carbonyl (C=O) groups is 2. The van der Waals surface area contributed by atoms with E-state index in [0.717, 1.165) is 0 Å². The third kappa shape index (κ3) is 4.40. The molecule has 2 amide bonds. The maximum absolute atomic E-state index is 12.0. The average molecular weight is 280 g/mol. The maximum Gasteiger partial charge on any atom is 0.389 e. The molecule has 0 aromatic heterocycles. The van der Waals surface area contributed by atoms with E-state index in [9.17, 15) is 22.8 Å². The molecule has 1 N–H and O–H groups in total. The number of nitrogens with one attached hydrogen (secondary N) is 1. The van der Waals surface area contributed by atoms with E-state index in [4.69, 9.17) is 0 Å². The molecule has 1 fully saturated rings. The van der Waals surface area contributed by atoms with Crippen molar-refractivity contribution in [2.24, 2.45) is 0 Å². The highest BCUT2D eigenvalue weighted by molar-refractivity contribution is 5.96. The summed E-state index contributed by atoms with van der Waals surface area (Å²) in [5.74, 6) is -0.455. The topological polar surface area (TPSA) is 49.4 Å². The van der Waals surface area contributed by atoms with Crippen LogP contribution in [0.5, 0.6) is 0 Å². The standard InChI is InChI=1S/C12H19F3N2O2/c1-3-9-10(18)16-8(2)11(19)17(9)7-5-4-6-12(13,14)15/h8-9H,3-7H2,1-2H3,(H,16,18). The fourth-order valence-electron chi connectivity index (χ4n) is 2.19. The molecule has 1 aliphatic heterocycles. The molecule has 2 unspecified atom stereocenters. The van der Waals surface area contributed by atoms with Crippen LogP contribution in [-0.4, -0.2) is 41.5 Å². The lowest BCUT2D eigenvalue weighted by atomic mass is 10.0. The van der Waals surface area contributed by atoms with E-state index < -0.39 is 24.7 Å². The minimum Gasteiger partial charge on any atom is -0.343 e. The summed E-state index contributed by atoms with van der Waals surface area (Å²) in [4.78, 5) is 25.0.